The molecule has 74 valence electrons. The highest BCUT2D eigenvalue weighted by Crippen LogP contribution is 1.95. The van der Waals surface area contributed by atoms with Crippen molar-refractivity contribution in [3.8, 4) is 0 Å². The molecule has 0 aromatic rings. The lowest BCUT2D eigenvalue weighted by Gasteiger charge is -2.26. The summed E-state index contributed by atoms with van der Waals surface area (Å²) in [6.07, 6.45) is 0. The van der Waals surface area contributed by atoms with E-state index in [9.17, 15) is 0 Å². The fourth-order valence-electron chi connectivity index (χ4n) is 1.12. The smallest absolute Gasteiger partial charge is 0.0589 e. The molecule has 0 aromatic carbocycles. The van der Waals surface area contributed by atoms with Gasteiger partial charge < -0.3 is 14.5 Å². The van der Waals surface area contributed by atoms with Crippen molar-refractivity contribution in [3.63, 3.8) is 0 Å². The van der Waals surface area contributed by atoms with E-state index in [-0.39, 0.29) is 0 Å². The highest BCUT2D eigenvalue weighted by molar-refractivity contribution is 4.65. The second kappa shape index (κ2) is 6.40. The van der Waals surface area contributed by atoms with E-state index in [4.69, 9.17) is 4.74 Å². The van der Waals surface area contributed by atoms with Crippen molar-refractivity contribution in [2.24, 2.45) is 0 Å². The van der Waals surface area contributed by atoms with E-state index in [1.54, 1.807) is 7.11 Å². The molecule has 0 fully saturated rings. The Morgan fingerprint density at radius 1 is 1.25 bits per heavy atom. The normalized spacial score (nSPS) is 14.2. The zero-order valence-electron chi connectivity index (χ0n) is 9.00. The van der Waals surface area contributed by atoms with E-state index in [2.05, 4.69) is 37.9 Å². The molecule has 0 aromatic heterocycles. The van der Waals surface area contributed by atoms with Gasteiger partial charge >= 0.3 is 0 Å². The average Bonchev–Trinajstić information content (AvgIpc) is 1.98. The van der Waals surface area contributed by atoms with Crippen LogP contribution in [0.4, 0.5) is 0 Å². The van der Waals surface area contributed by atoms with Crippen LogP contribution in [0.5, 0.6) is 0 Å². The Bertz CT molecular complexity index is 107. The van der Waals surface area contributed by atoms with Crippen LogP contribution < -0.4 is 0 Å². The van der Waals surface area contributed by atoms with Crippen LogP contribution >= 0.6 is 0 Å². The van der Waals surface area contributed by atoms with Gasteiger partial charge in [0, 0.05) is 26.2 Å². The average molecular weight is 174 g/mol. The molecule has 3 nitrogen and oxygen atoms in total. The van der Waals surface area contributed by atoms with Crippen LogP contribution in [0.2, 0.25) is 0 Å². The molecule has 0 aliphatic heterocycles. The van der Waals surface area contributed by atoms with Gasteiger partial charge in [-0.2, -0.15) is 0 Å². The van der Waals surface area contributed by atoms with E-state index >= 15 is 0 Å². The Morgan fingerprint density at radius 2 is 1.83 bits per heavy atom. The second-order valence-corrected chi connectivity index (χ2v) is 3.58. The maximum Gasteiger partial charge on any atom is 0.0589 e. The molecule has 0 aliphatic carbocycles. The highest BCUT2D eigenvalue weighted by Gasteiger charge is 2.08. The van der Waals surface area contributed by atoms with Gasteiger partial charge in [0.05, 0.1) is 6.61 Å². The Morgan fingerprint density at radius 3 is 2.25 bits per heavy atom. The van der Waals surface area contributed by atoms with E-state index in [1.807, 2.05) is 0 Å². The molecule has 0 aliphatic rings. The zero-order valence-corrected chi connectivity index (χ0v) is 9.00. The first-order valence-corrected chi connectivity index (χ1v) is 4.41. The monoisotopic (exact) mass is 174 g/mol. The maximum atomic E-state index is 5.01. The van der Waals surface area contributed by atoms with Crippen LogP contribution in [0.3, 0.4) is 0 Å². The predicted octanol–water partition coefficient (Wildman–Crippen LogP) is 0.515. The minimum absolute atomic E-state index is 0.593. The van der Waals surface area contributed by atoms with Crippen molar-refractivity contribution in [3.05, 3.63) is 0 Å². The molecule has 0 saturated carbocycles. The van der Waals surface area contributed by atoms with Crippen molar-refractivity contribution in [1.29, 1.82) is 0 Å². The quantitative estimate of drug-likeness (QED) is 0.584. The molecule has 0 heterocycles. The number of methoxy groups -OCH3 is 1. The number of likely N-dealkylation sites (N-methyl/N-ethyl adjacent to an activating group) is 2. The number of hydrogen-bond acceptors (Lipinski definition) is 3. The topological polar surface area (TPSA) is 15.7 Å². The van der Waals surface area contributed by atoms with E-state index in [0.717, 1.165) is 19.7 Å². The molecule has 0 spiro atoms. The van der Waals surface area contributed by atoms with E-state index in [0.29, 0.717) is 6.04 Å². The van der Waals surface area contributed by atoms with Crippen LogP contribution in [0, 0.1) is 0 Å². The van der Waals surface area contributed by atoms with Crippen LogP contribution in [-0.4, -0.2) is 63.8 Å². The molecule has 0 rings (SSSR count). The zero-order chi connectivity index (χ0) is 9.56. The fourth-order valence-corrected chi connectivity index (χ4v) is 1.12. The number of rotatable bonds is 6. The van der Waals surface area contributed by atoms with Crippen molar-refractivity contribution in [2.75, 3.05) is 47.9 Å². The Balaban J connectivity index is 3.53. The van der Waals surface area contributed by atoms with Crippen molar-refractivity contribution in [1.82, 2.24) is 9.80 Å². The summed E-state index contributed by atoms with van der Waals surface area (Å²) in [7, 11) is 8.07. The van der Waals surface area contributed by atoms with Crippen molar-refractivity contribution >= 4 is 0 Å². The van der Waals surface area contributed by atoms with Gasteiger partial charge in [-0.25, -0.2) is 0 Å². The summed E-state index contributed by atoms with van der Waals surface area (Å²) in [5.41, 5.74) is 0. The van der Waals surface area contributed by atoms with Gasteiger partial charge in [0.25, 0.3) is 0 Å². The lowest BCUT2D eigenvalue weighted by molar-refractivity contribution is 0.132. The molecular weight excluding hydrogens is 152 g/mol. The van der Waals surface area contributed by atoms with Crippen molar-refractivity contribution < 1.29 is 4.74 Å². The molecule has 1 unspecified atom stereocenters. The summed E-state index contributed by atoms with van der Waals surface area (Å²) in [5, 5.41) is 0. The molecule has 12 heavy (non-hydrogen) atoms. The van der Waals surface area contributed by atoms with E-state index in [1.165, 1.54) is 0 Å². The van der Waals surface area contributed by atoms with Gasteiger partial charge in [-0.1, -0.05) is 0 Å². The molecule has 0 radical (unpaired) electrons. The van der Waals surface area contributed by atoms with Crippen molar-refractivity contribution in [2.45, 2.75) is 13.0 Å². The van der Waals surface area contributed by atoms with E-state index < -0.39 is 0 Å². The third-order valence-corrected chi connectivity index (χ3v) is 2.03. The second-order valence-electron chi connectivity index (χ2n) is 3.58. The Hall–Kier alpha value is -0.120. The van der Waals surface area contributed by atoms with Gasteiger partial charge in [-0.05, 0) is 28.1 Å². The standard InChI is InChI=1S/C9H22N2O/c1-9(8-10(2)3)11(4)6-7-12-5/h9H,6-8H2,1-5H3. The van der Waals surface area contributed by atoms with Crippen LogP contribution in [0.25, 0.3) is 0 Å². The maximum absolute atomic E-state index is 5.01. The lowest BCUT2D eigenvalue weighted by Crippen LogP contribution is -2.39. The number of nitrogens with zero attached hydrogens (tertiary/aromatic N) is 2. The molecule has 0 amide bonds. The SMILES string of the molecule is COCCN(C)C(C)CN(C)C. The third-order valence-electron chi connectivity index (χ3n) is 2.03. The van der Waals surface area contributed by atoms with Gasteiger partial charge in [-0.3, -0.25) is 0 Å². The first kappa shape index (κ1) is 11.9. The van der Waals surface area contributed by atoms with Crippen LogP contribution in [0.15, 0.2) is 0 Å². The Labute approximate surface area is 76.3 Å². The first-order valence-electron chi connectivity index (χ1n) is 4.41. The van der Waals surface area contributed by atoms with Gasteiger partial charge in [0.1, 0.15) is 0 Å². The minimum atomic E-state index is 0.593. The Kier molecular flexibility index (Phi) is 6.34. The third kappa shape index (κ3) is 5.52. The molecule has 0 bridgehead atoms. The van der Waals surface area contributed by atoms with Gasteiger partial charge in [0.2, 0.25) is 0 Å². The van der Waals surface area contributed by atoms with Crippen LogP contribution in [0.1, 0.15) is 6.92 Å². The summed E-state index contributed by atoms with van der Waals surface area (Å²) >= 11 is 0. The first-order chi connectivity index (χ1) is 5.57. The lowest BCUT2D eigenvalue weighted by atomic mass is 10.3. The molecule has 0 saturated heterocycles. The predicted molar refractivity (Wildman–Crippen MR) is 52.5 cm³/mol. The molecule has 1 atom stereocenters. The minimum Gasteiger partial charge on any atom is -0.383 e. The van der Waals surface area contributed by atoms with Crippen LogP contribution in [-0.2, 0) is 4.74 Å². The van der Waals surface area contributed by atoms with Gasteiger partial charge in [-0.15, -0.1) is 0 Å². The number of hydrogen-bond donors (Lipinski definition) is 0. The summed E-state index contributed by atoms with van der Waals surface area (Å²) in [6, 6.07) is 0.593. The summed E-state index contributed by atoms with van der Waals surface area (Å²) < 4.78 is 5.01. The summed E-state index contributed by atoms with van der Waals surface area (Å²) in [4.78, 5) is 4.51. The molecule has 3 heteroatoms. The highest BCUT2D eigenvalue weighted by atomic mass is 16.5. The van der Waals surface area contributed by atoms with Gasteiger partial charge in [0.15, 0.2) is 0 Å². The summed E-state index contributed by atoms with van der Waals surface area (Å²) in [5.74, 6) is 0. The largest absolute Gasteiger partial charge is 0.383 e. The number of ether oxygens (including phenoxy) is 1. The molecule has 0 N–H and O–H groups in total. The molecular formula is C9H22N2O. The summed E-state index contributed by atoms with van der Waals surface area (Å²) in [6.45, 7) is 5.15. The fraction of sp³-hybridized carbons (Fsp3) is 1.00.